The molecule has 0 aliphatic carbocycles. The van der Waals surface area contributed by atoms with Gasteiger partial charge in [-0.1, -0.05) is 81.2 Å². The second-order valence-corrected chi connectivity index (χ2v) is 17.7. The highest BCUT2D eigenvalue weighted by molar-refractivity contribution is 7.90. The molecule has 0 spiro atoms. The predicted octanol–water partition coefficient (Wildman–Crippen LogP) is 8.36. The van der Waals surface area contributed by atoms with Crippen molar-refractivity contribution >= 4 is 44.9 Å². The molecular weight excluding hydrogens is 691 g/mol. The van der Waals surface area contributed by atoms with Crippen molar-refractivity contribution in [2.24, 2.45) is 4.99 Å². The molecule has 2 aliphatic heterocycles. The molecule has 2 aliphatic rings. The maximum absolute atomic E-state index is 15.3. The number of hydrogen-bond donors (Lipinski definition) is 0. The van der Waals surface area contributed by atoms with Gasteiger partial charge in [0.2, 0.25) is 0 Å². The van der Waals surface area contributed by atoms with Crippen molar-refractivity contribution in [3.8, 4) is 5.75 Å². The van der Waals surface area contributed by atoms with Gasteiger partial charge in [0.25, 0.3) is 0 Å². The van der Waals surface area contributed by atoms with Crippen LogP contribution < -0.4 is 4.74 Å². The number of nitrogens with zero attached hydrogens (tertiary/aromatic N) is 4. The summed E-state index contributed by atoms with van der Waals surface area (Å²) in [6, 6.07) is 20.9. The molecule has 5 rings (SSSR count). The Bertz CT molecular complexity index is 1810. The summed E-state index contributed by atoms with van der Waals surface area (Å²) in [5.74, 6) is 1.38. The smallest absolute Gasteiger partial charge is 0.326 e. The van der Waals surface area contributed by atoms with Crippen molar-refractivity contribution in [3.63, 3.8) is 0 Å². The first-order chi connectivity index (χ1) is 23.6. The zero-order valence-corrected chi connectivity index (χ0v) is 32.6. The quantitative estimate of drug-likeness (QED) is 0.209. The molecule has 0 radical (unpaired) electrons. The lowest BCUT2D eigenvalue weighted by atomic mass is 9.78. The maximum Gasteiger partial charge on any atom is 0.326 e. The van der Waals surface area contributed by atoms with Crippen molar-refractivity contribution in [1.29, 1.82) is 0 Å². The van der Waals surface area contributed by atoms with E-state index >= 15 is 4.79 Å². The molecule has 0 saturated carbocycles. The summed E-state index contributed by atoms with van der Waals surface area (Å²) in [5, 5.41) is 1.23. The first-order valence-electron chi connectivity index (χ1n) is 17.5. The summed E-state index contributed by atoms with van der Waals surface area (Å²) < 4.78 is 29.8. The molecule has 8 nitrogen and oxygen atoms in total. The van der Waals surface area contributed by atoms with Crippen molar-refractivity contribution < 1.29 is 17.9 Å². The van der Waals surface area contributed by atoms with Crippen LogP contribution in [-0.2, 0) is 20.8 Å². The number of ether oxygens (including phenoxy) is 1. The number of hydrogen-bond acceptors (Lipinski definition) is 6. The summed E-state index contributed by atoms with van der Waals surface area (Å²) in [6.07, 6.45) is 2.43. The Morgan fingerprint density at radius 2 is 1.62 bits per heavy atom. The minimum Gasteiger partial charge on any atom is -0.493 e. The molecule has 3 aromatic rings. The van der Waals surface area contributed by atoms with Gasteiger partial charge in [0, 0.05) is 42.0 Å². The Balaban J connectivity index is 1.66. The lowest BCUT2D eigenvalue weighted by Crippen LogP contribution is -2.58. The van der Waals surface area contributed by atoms with Gasteiger partial charge in [-0.05, 0) is 91.7 Å². The number of halogens is 2. The fraction of sp³-hybridized carbons (Fsp3) is 0.487. The molecule has 3 atom stereocenters. The number of aliphatic imine (C=N–C) groups is 1. The second kappa shape index (κ2) is 15.2. The number of benzene rings is 3. The Morgan fingerprint density at radius 1 is 0.980 bits per heavy atom. The van der Waals surface area contributed by atoms with Gasteiger partial charge in [0.1, 0.15) is 27.0 Å². The average Bonchev–Trinajstić information content (AvgIpc) is 3.40. The van der Waals surface area contributed by atoms with E-state index < -0.39 is 21.4 Å². The normalized spacial score (nSPS) is 21.7. The molecule has 11 heteroatoms. The molecule has 2 unspecified atom stereocenters. The summed E-state index contributed by atoms with van der Waals surface area (Å²) in [7, 11) is -3.04. The van der Waals surface area contributed by atoms with Gasteiger partial charge in [-0.2, -0.15) is 0 Å². The van der Waals surface area contributed by atoms with E-state index in [9.17, 15) is 8.42 Å². The molecule has 1 fully saturated rings. The highest BCUT2D eigenvalue weighted by Gasteiger charge is 2.54. The van der Waals surface area contributed by atoms with Gasteiger partial charge in [-0.25, -0.2) is 13.2 Å². The van der Waals surface area contributed by atoms with E-state index in [1.54, 1.807) is 0 Å². The number of carbonyl (C=O) groups is 1. The topological polar surface area (TPSA) is 82.5 Å². The Kier molecular flexibility index (Phi) is 11.6. The Morgan fingerprint density at radius 3 is 2.18 bits per heavy atom. The van der Waals surface area contributed by atoms with Crippen LogP contribution >= 0.6 is 23.2 Å². The summed E-state index contributed by atoms with van der Waals surface area (Å²) in [5.41, 5.74) is 2.77. The minimum absolute atomic E-state index is 0.115. The van der Waals surface area contributed by atoms with Crippen LogP contribution in [0.4, 0.5) is 4.79 Å². The van der Waals surface area contributed by atoms with Crippen LogP contribution in [0, 0.1) is 0 Å². The van der Waals surface area contributed by atoms with Crippen molar-refractivity contribution in [1.82, 2.24) is 14.7 Å². The largest absolute Gasteiger partial charge is 0.493 e. The van der Waals surface area contributed by atoms with Crippen molar-refractivity contribution in [2.45, 2.75) is 77.4 Å². The van der Waals surface area contributed by atoms with Gasteiger partial charge in [-0.3, -0.25) is 14.8 Å². The molecule has 0 aromatic heterocycles. The van der Waals surface area contributed by atoms with E-state index in [4.69, 9.17) is 32.9 Å². The molecule has 1 saturated heterocycles. The molecule has 2 amide bonds. The zero-order valence-electron chi connectivity index (χ0n) is 30.2. The number of sulfone groups is 1. The number of carbonyl (C=O) groups excluding carboxylic acids is 1. The summed E-state index contributed by atoms with van der Waals surface area (Å²) in [6.45, 7) is 15.5. The first-order valence-corrected chi connectivity index (χ1v) is 20.3. The fourth-order valence-corrected chi connectivity index (χ4v) is 8.10. The van der Waals surface area contributed by atoms with Gasteiger partial charge in [0.05, 0.1) is 24.0 Å². The monoisotopic (exact) mass is 740 g/mol. The molecule has 0 bridgehead atoms. The van der Waals surface area contributed by atoms with E-state index in [-0.39, 0.29) is 23.2 Å². The third-order valence-corrected chi connectivity index (χ3v) is 11.4. The van der Waals surface area contributed by atoms with E-state index in [0.717, 1.165) is 22.3 Å². The van der Waals surface area contributed by atoms with Crippen LogP contribution in [0.3, 0.4) is 0 Å². The molecular formula is C39H50Cl2N4O4S. The molecule has 0 N–H and O–H groups in total. The van der Waals surface area contributed by atoms with Crippen LogP contribution in [0.5, 0.6) is 5.75 Å². The van der Waals surface area contributed by atoms with Crippen LogP contribution in [-0.4, -0.2) is 85.8 Å². The highest BCUT2D eigenvalue weighted by atomic mass is 35.5. The average molecular weight is 742 g/mol. The van der Waals surface area contributed by atoms with Gasteiger partial charge in [0.15, 0.2) is 0 Å². The lowest BCUT2D eigenvalue weighted by molar-refractivity contribution is 0.0823. The van der Waals surface area contributed by atoms with Crippen LogP contribution in [0.25, 0.3) is 0 Å². The van der Waals surface area contributed by atoms with E-state index in [0.29, 0.717) is 67.3 Å². The third-order valence-electron chi connectivity index (χ3n) is 9.85. The van der Waals surface area contributed by atoms with Crippen LogP contribution in [0.1, 0.15) is 82.7 Å². The number of urea groups is 1. The molecule has 270 valence electrons. The number of rotatable bonds is 10. The van der Waals surface area contributed by atoms with Crippen LogP contribution in [0.2, 0.25) is 10.0 Å². The lowest BCUT2D eigenvalue weighted by Gasteiger charge is -2.44. The summed E-state index contributed by atoms with van der Waals surface area (Å²) in [4.78, 5) is 26.9. The van der Waals surface area contributed by atoms with Gasteiger partial charge < -0.3 is 9.64 Å². The van der Waals surface area contributed by atoms with E-state index in [1.807, 2.05) is 71.3 Å². The second-order valence-electron chi connectivity index (χ2n) is 14.5. The van der Waals surface area contributed by atoms with Crippen molar-refractivity contribution in [3.05, 3.63) is 99.0 Å². The van der Waals surface area contributed by atoms with Crippen LogP contribution in [0.15, 0.2) is 71.7 Å². The van der Waals surface area contributed by atoms with E-state index in [2.05, 4.69) is 51.7 Å². The third kappa shape index (κ3) is 8.17. The Hall–Kier alpha value is -3.11. The fourth-order valence-electron chi connectivity index (χ4n) is 7.20. The number of amides is 2. The van der Waals surface area contributed by atoms with Crippen molar-refractivity contribution in [2.75, 3.05) is 44.8 Å². The van der Waals surface area contributed by atoms with E-state index in [1.165, 1.54) is 6.26 Å². The highest BCUT2D eigenvalue weighted by Crippen LogP contribution is 2.52. The Labute approximate surface area is 308 Å². The number of amidine groups is 1. The summed E-state index contributed by atoms with van der Waals surface area (Å²) >= 11 is 12.8. The first kappa shape index (κ1) is 38.1. The van der Waals surface area contributed by atoms with Gasteiger partial charge >= 0.3 is 6.03 Å². The molecule has 50 heavy (non-hydrogen) atoms. The molecule has 3 aromatic carbocycles. The molecule has 2 heterocycles. The minimum atomic E-state index is -3.04. The SMILES string of the molecule is CCOc1cc(C(C)(C)C)ccc1C1=N[C@@](CC)(c2ccc(Cl)cc2)C(c2ccc(Cl)cc2)N1C(=O)N1CCN(CCCS(C)(=O)=O)CC1C. The standard InChI is InChI=1S/C39H50Cl2N4O4S/c1-8-39(29-13-18-32(41)19-14-29)35(28-11-16-31(40)17-12-28)45(36(42-39)33-20-15-30(38(4,5)6)25-34(33)49-9-2)37(46)44-23-22-43(26-27(44)3)21-10-24-50(7,47)48/h11-20,25,27,35H,8-10,21-24,26H2,1-7H3/t27?,35?,39-/m0/s1. The van der Waals surface area contributed by atoms with Gasteiger partial charge in [-0.15, -0.1) is 0 Å². The zero-order chi connectivity index (χ0) is 36.4. The predicted molar refractivity (Wildman–Crippen MR) is 205 cm³/mol. The maximum atomic E-state index is 15.3. The number of piperazine rings is 1.